The fourth-order valence-corrected chi connectivity index (χ4v) is 2.71. The van der Waals surface area contributed by atoms with E-state index >= 15 is 0 Å². The molecule has 0 unspecified atom stereocenters. The molecule has 1 aliphatic rings. The van der Waals surface area contributed by atoms with Gasteiger partial charge in [0.1, 0.15) is 0 Å². The van der Waals surface area contributed by atoms with Crippen LogP contribution in [-0.2, 0) is 0 Å². The van der Waals surface area contributed by atoms with Gasteiger partial charge in [-0.05, 0) is 11.8 Å². The van der Waals surface area contributed by atoms with Crippen molar-refractivity contribution < 1.29 is 11.5 Å². The molecule has 1 fully saturated rings. The highest BCUT2D eigenvalue weighted by atomic mass is 14.8. The summed E-state index contributed by atoms with van der Waals surface area (Å²) in [7, 11) is 0. The van der Waals surface area contributed by atoms with Crippen LogP contribution in [-0.4, -0.2) is 12.6 Å². The lowest BCUT2D eigenvalue weighted by molar-refractivity contribution is -0.465. The summed E-state index contributed by atoms with van der Waals surface area (Å²) in [6.45, 7) is 8.07. The minimum atomic E-state index is 0.480. The van der Waals surface area contributed by atoms with Crippen LogP contribution in [0.3, 0.4) is 0 Å². The van der Waals surface area contributed by atoms with Gasteiger partial charge >= 0.3 is 0 Å². The fourth-order valence-electron chi connectivity index (χ4n) is 2.71. The van der Waals surface area contributed by atoms with Crippen molar-refractivity contribution in [3.8, 4) is 0 Å². The molecule has 0 aromatic heterocycles. The molecule has 0 amide bonds. The van der Waals surface area contributed by atoms with Crippen LogP contribution >= 0.6 is 0 Å². The highest BCUT2D eigenvalue weighted by Gasteiger charge is 2.47. The largest absolute Gasteiger partial charge is 0.357 e. The zero-order chi connectivity index (χ0) is 8.65. The third kappa shape index (κ3) is 1.42. The monoisotopic (exact) mass is 158 g/mol. The topological polar surface area (TPSA) is 55.3 Å². The van der Waals surface area contributed by atoms with Crippen LogP contribution in [0.2, 0.25) is 0 Å². The molecular weight excluding hydrogens is 136 g/mol. The van der Waals surface area contributed by atoms with E-state index < -0.39 is 0 Å². The quantitative estimate of drug-likeness (QED) is 0.518. The van der Waals surface area contributed by atoms with Crippen LogP contribution in [0.4, 0.5) is 0 Å². The van der Waals surface area contributed by atoms with Crippen molar-refractivity contribution in [3.05, 3.63) is 0 Å². The van der Waals surface area contributed by atoms with Gasteiger partial charge in [-0.1, -0.05) is 20.8 Å². The molecule has 6 N–H and O–H groups in total. The van der Waals surface area contributed by atoms with Gasteiger partial charge in [0.25, 0.3) is 0 Å². The van der Waals surface area contributed by atoms with Crippen molar-refractivity contribution in [1.82, 2.24) is 0 Å². The molecule has 11 heavy (non-hydrogen) atoms. The summed E-state index contributed by atoms with van der Waals surface area (Å²) in [6, 6.07) is 0.627. The van der Waals surface area contributed by atoms with Crippen molar-refractivity contribution in [1.29, 1.82) is 0 Å². The molecule has 2 nitrogen and oxygen atoms in total. The second-order valence-corrected chi connectivity index (χ2v) is 4.73. The van der Waals surface area contributed by atoms with E-state index in [9.17, 15) is 0 Å². The van der Waals surface area contributed by atoms with Crippen molar-refractivity contribution in [2.75, 3.05) is 6.54 Å². The van der Waals surface area contributed by atoms with Gasteiger partial charge in [-0.3, -0.25) is 0 Å². The van der Waals surface area contributed by atoms with Crippen molar-refractivity contribution >= 4 is 0 Å². The smallest absolute Gasteiger partial charge is 0.0957 e. The highest BCUT2D eigenvalue weighted by molar-refractivity contribution is 4.93. The van der Waals surface area contributed by atoms with E-state index in [0.717, 1.165) is 18.4 Å². The molecule has 0 saturated heterocycles. The Balaban J connectivity index is 2.73. The Bertz CT molecular complexity index is 142. The molecule has 0 radical (unpaired) electrons. The Labute approximate surface area is 69.3 Å². The fraction of sp³-hybridized carbons (Fsp3) is 1.00. The molecule has 0 bridgehead atoms. The third-order valence-electron chi connectivity index (χ3n) is 3.41. The standard InChI is InChI=1S/C9H20N2/c1-6-4-9(2,3)7(5-10)8(6)11/h6-8H,4-5,10-11H2,1-3H3/p+2/t6-,7+,8-/m1/s1. The summed E-state index contributed by atoms with van der Waals surface area (Å²) in [5.74, 6) is 1.52. The van der Waals surface area contributed by atoms with E-state index in [-0.39, 0.29) is 0 Å². The first-order valence-corrected chi connectivity index (χ1v) is 4.61. The number of hydrogen-bond acceptors (Lipinski definition) is 0. The maximum atomic E-state index is 4.23. The lowest BCUT2D eigenvalue weighted by Gasteiger charge is -2.24. The molecule has 1 rings (SSSR count). The van der Waals surface area contributed by atoms with Gasteiger partial charge in [0.2, 0.25) is 0 Å². The van der Waals surface area contributed by atoms with Crippen molar-refractivity contribution in [3.63, 3.8) is 0 Å². The zero-order valence-corrected chi connectivity index (χ0v) is 8.06. The third-order valence-corrected chi connectivity index (χ3v) is 3.41. The second-order valence-electron chi connectivity index (χ2n) is 4.73. The lowest BCUT2D eigenvalue weighted by atomic mass is 9.81. The summed E-state index contributed by atoms with van der Waals surface area (Å²) in [4.78, 5) is 0. The van der Waals surface area contributed by atoms with E-state index in [4.69, 9.17) is 0 Å². The van der Waals surface area contributed by atoms with Gasteiger partial charge in [0.15, 0.2) is 0 Å². The van der Waals surface area contributed by atoms with Gasteiger partial charge in [-0.15, -0.1) is 0 Å². The molecule has 0 aliphatic heterocycles. The Hall–Kier alpha value is -0.0800. The van der Waals surface area contributed by atoms with E-state index in [0.29, 0.717) is 11.5 Å². The van der Waals surface area contributed by atoms with E-state index in [2.05, 4.69) is 32.2 Å². The van der Waals surface area contributed by atoms with Crippen LogP contribution in [0.1, 0.15) is 27.2 Å². The zero-order valence-electron chi connectivity index (χ0n) is 8.06. The number of rotatable bonds is 1. The molecule has 2 heteroatoms. The van der Waals surface area contributed by atoms with Crippen LogP contribution in [0.5, 0.6) is 0 Å². The number of quaternary nitrogens is 2. The van der Waals surface area contributed by atoms with Gasteiger partial charge in [0, 0.05) is 5.92 Å². The molecule has 1 saturated carbocycles. The Morgan fingerprint density at radius 1 is 1.45 bits per heavy atom. The van der Waals surface area contributed by atoms with E-state index in [1.54, 1.807) is 0 Å². The normalized spacial score (nSPS) is 42.8. The van der Waals surface area contributed by atoms with Gasteiger partial charge in [-0.25, -0.2) is 0 Å². The van der Waals surface area contributed by atoms with E-state index in [1.165, 1.54) is 6.42 Å². The first-order valence-electron chi connectivity index (χ1n) is 4.61. The molecule has 3 atom stereocenters. The molecule has 66 valence electrons. The lowest BCUT2D eigenvalue weighted by Crippen LogP contribution is -2.70. The number of hydrogen-bond donors (Lipinski definition) is 2. The maximum absolute atomic E-state index is 4.23. The summed E-state index contributed by atoms with van der Waals surface area (Å²) in [5, 5.41) is 0. The molecule has 0 spiro atoms. The molecular formula is C9H22N2+2. The second kappa shape index (κ2) is 2.76. The minimum Gasteiger partial charge on any atom is -0.357 e. The average molecular weight is 158 g/mol. The Kier molecular flexibility index (Phi) is 2.26. The molecule has 0 heterocycles. The first-order chi connectivity index (χ1) is 4.99. The van der Waals surface area contributed by atoms with Crippen molar-refractivity contribution in [2.45, 2.75) is 33.2 Å². The highest BCUT2D eigenvalue weighted by Crippen LogP contribution is 2.43. The van der Waals surface area contributed by atoms with Crippen LogP contribution in [0.15, 0.2) is 0 Å². The first kappa shape index (κ1) is 9.01. The molecule has 1 aliphatic carbocycles. The summed E-state index contributed by atoms with van der Waals surface area (Å²) < 4.78 is 0. The maximum Gasteiger partial charge on any atom is 0.0957 e. The SMILES string of the molecule is C[C@@H]1CC(C)(C)[C@@H](C[NH3+])[C@@H]1[NH3+]. The predicted molar refractivity (Wildman–Crippen MR) is 45.5 cm³/mol. The molecule has 0 aromatic rings. The van der Waals surface area contributed by atoms with Crippen molar-refractivity contribution in [2.24, 2.45) is 17.3 Å². The average Bonchev–Trinajstić information content (AvgIpc) is 2.03. The van der Waals surface area contributed by atoms with Crippen LogP contribution < -0.4 is 11.5 Å². The minimum absolute atomic E-state index is 0.480. The summed E-state index contributed by atoms with van der Waals surface area (Å²) in [5.41, 5.74) is 8.71. The summed E-state index contributed by atoms with van der Waals surface area (Å²) >= 11 is 0. The van der Waals surface area contributed by atoms with Crippen LogP contribution in [0, 0.1) is 17.3 Å². The Morgan fingerprint density at radius 2 is 2.00 bits per heavy atom. The predicted octanol–water partition coefficient (Wildman–Crippen LogP) is -0.479. The van der Waals surface area contributed by atoms with Gasteiger partial charge in [-0.2, -0.15) is 0 Å². The van der Waals surface area contributed by atoms with Gasteiger partial charge in [0.05, 0.1) is 18.5 Å². The van der Waals surface area contributed by atoms with Gasteiger partial charge < -0.3 is 11.5 Å². The van der Waals surface area contributed by atoms with E-state index in [1.807, 2.05) is 0 Å². The summed E-state index contributed by atoms with van der Waals surface area (Å²) in [6.07, 6.45) is 1.32. The Morgan fingerprint density at radius 3 is 2.18 bits per heavy atom. The molecule has 0 aromatic carbocycles. The van der Waals surface area contributed by atoms with Crippen LogP contribution in [0.25, 0.3) is 0 Å².